The minimum absolute atomic E-state index is 0.0971. The Kier molecular flexibility index (Phi) is 9.95. The molecule has 1 fully saturated rings. The largest absolute Gasteiger partial charge is 0.463 e. The fraction of sp³-hybridized carbons (Fsp3) is 0.300. The van der Waals surface area contributed by atoms with E-state index in [1.165, 1.54) is 24.7 Å². The number of aliphatic imine (C=N–C) groups is 1. The Morgan fingerprint density at radius 1 is 0.809 bits per heavy atom. The highest BCUT2D eigenvalue weighted by atomic mass is 16.7. The summed E-state index contributed by atoms with van der Waals surface area (Å²) >= 11 is 0. The maximum Gasteiger partial charge on any atom is 0.413 e. The summed E-state index contributed by atoms with van der Waals surface area (Å²) in [5.74, 6) is -2.03. The van der Waals surface area contributed by atoms with Gasteiger partial charge in [-0.05, 0) is 24.3 Å². The number of hydrogen-bond donors (Lipinski definition) is 4. The lowest BCUT2D eigenvalue weighted by atomic mass is 10.1. The van der Waals surface area contributed by atoms with Gasteiger partial charge in [0.2, 0.25) is 12.2 Å². The number of aromatic nitrogens is 2. The van der Waals surface area contributed by atoms with E-state index >= 15 is 0 Å². The molecule has 1 aromatic heterocycles. The molecule has 0 bridgehead atoms. The van der Waals surface area contributed by atoms with E-state index in [4.69, 9.17) is 23.7 Å². The first-order chi connectivity index (χ1) is 22.6. The van der Waals surface area contributed by atoms with Crippen molar-refractivity contribution in [2.24, 2.45) is 4.99 Å². The van der Waals surface area contributed by atoms with Gasteiger partial charge < -0.3 is 34.3 Å². The Bertz CT molecular complexity index is 1660. The van der Waals surface area contributed by atoms with Gasteiger partial charge in [0.25, 0.3) is 0 Å². The second-order valence-electron chi connectivity index (χ2n) is 10.2. The Morgan fingerprint density at radius 3 is 2.04 bits per heavy atom. The van der Waals surface area contributed by atoms with Gasteiger partial charge in [-0.2, -0.15) is 0 Å². The molecule has 0 radical (unpaired) electrons. The first-order valence-electron chi connectivity index (χ1n) is 14.3. The maximum absolute atomic E-state index is 12.9. The summed E-state index contributed by atoms with van der Waals surface area (Å²) in [7, 11) is 0. The number of ether oxygens (including phenoxy) is 5. The molecule has 2 aromatic carbocycles. The van der Waals surface area contributed by atoms with Gasteiger partial charge in [-0.25, -0.2) is 19.6 Å². The van der Waals surface area contributed by atoms with Crippen molar-refractivity contribution in [2.45, 2.75) is 51.5 Å². The number of amides is 3. The van der Waals surface area contributed by atoms with E-state index in [0.717, 1.165) is 6.92 Å². The number of guanidine groups is 1. The van der Waals surface area contributed by atoms with Crippen LogP contribution in [0.25, 0.3) is 0 Å². The monoisotopic (exact) mass is 649 g/mol. The van der Waals surface area contributed by atoms with Crippen molar-refractivity contribution < 1.29 is 47.7 Å². The van der Waals surface area contributed by atoms with Crippen molar-refractivity contribution in [2.75, 3.05) is 22.6 Å². The predicted molar refractivity (Wildman–Crippen MR) is 163 cm³/mol. The van der Waals surface area contributed by atoms with Crippen LogP contribution in [0.15, 0.2) is 72.0 Å². The summed E-state index contributed by atoms with van der Waals surface area (Å²) in [6.07, 6.45) is -5.63. The van der Waals surface area contributed by atoms with Crippen LogP contribution in [0.1, 0.15) is 38.9 Å². The number of esters is 3. The second kappa shape index (κ2) is 14.4. The quantitative estimate of drug-likeness (QED) is 0.205. The Balaban J connectivity index is 1.46. The number of para-hydroxylation sites is 2. The minimum atomic E-state index is -1.38. The molecular formula is C30H31N7O10. The molecule has 0 spiro atoms. The third kappa shape index (κ3) is 8.20. The summed E-state index contributed by atoms with van der Waals surface area (Å²) in [4.78, 5) is 70.2. The molecule has 1 saturated heterocycles. The van der Waals surface area contributed by atoms with Gasteiger partial charge in [0.05, 0.1) is 6.33 Å². The Morgan fingerprint density at radius 2 is 1.43 bits per heavy atom. The van der Waals surface area contributed by atoms with E-state index in [1.807, 2.05) is 0 Å². The van der Waals surface area contributed by atoms with Crippen LogP contribution in [0, 0.1) is 0 Å². The zero-order chi connectivity index (χ0) is 33.5. The van der Waals surface area contributed by atoms with Crippen molar-refractivity contribution in [3.05, 3.63) is 72.7 Å². The molecule has 17 nitrogen and oxygen atoms in total. The lowest BCUT2D eigenvalue weighted by Gasteiger charge is -2.27. The summed E-state index contributed by atoms with van der Waals surface area (Å²) in [6, 6.07) is 16.5. The van der Waals surface area contributed by atoms with Crippen molar-refractivity contribution >= 4 is 53.2 Å². The number of hydrogen-bond acceptors (Lipinski definition) is 13. The summed E-state index contributed by atoms with van der Waals surface area (Å²) in [5, 5.41) is 10.8. The van der Waals surface area contributed by atoms with Crippen LogP contribution < -0.4 is 21.3 Å². The van der Waals surface area contributed by atoms with Gasteiger partial charge in [-0.15, -0.1) is 0 Å². The lowest BCUT2D eigenvalue weighted by Crippen LogP contribution is -2.42. The van der Waals surface area contributed by atoms with E-state index in [9.17, 15) is 24.0 Å². The third-order valence-corrected chi connectivity index (χ3v) is 6.66. The molecule has 246 valence electrons. The standard InChI is InChI=1S/C30H31N7O10/c1-16(38)43-14-21-23(44-17(2)39)24(45-18(3)40)27(46-21)37-15-31-22-25(37)34-28(36-29(41)32-19-10-6-4-7-11-19)35-26(22)47-30(42)33-20-12-8-5-9-13-20/h4-13,15,21,23-24,26-27H,14H2,1-3H3,(H,33,42)(H3,32,34,35,36,41)/t21-,23-,24-,26?,27-/m0/s1. The van der Waals surface area contributed by atoms with E-state index in [1.54, 1.807) is 60.7 Å². The zero-order valence-corrected chi connectivity index (χ0v) is 25.4. The van der Waals surface area contributed by atoms with E-state index < -0.39 is 60.8 Å². The van der Waals surface area contributed by atoms with Crippen LogP contribution in [0.3, 0.4) is 0 Å². The first-order valence-corrected chi connectivity index (χ1v) is 14.3. The van der Waals surface area contributed by atoms with Crippen LogP contribution in [-0.2, 0) is 38.1 Å². The molecular weight excluding hydrogens is 618 g/mol. The van der Waals surface area contributed by atoms with E-state index in [0.29, 0.717) is 11.4 Å². The summed E-state index contributed by atoms with van der Waals surface area (Å²) in [5.41, 5.74) is 1.06. The molecule has 3 heterocycles. The number of nitrogens with zero attached hydrogens (tertiary/aromatic N) is 3. The number of carbonyl (C=O) groups is 5. The van der Waals surface area contributed by atoms with Gasteiger partial charge >= 0.3 is 30.0 Å². The highest BCUT2D eigenvalue weighted by Gasteiger charge is 2.51. The number of benzene rings is 2. The van der Waals surface area contributed by atoms with Gasteiger partial charge in [0.15, 0.2) is 18.4 Å². The second-order valence-corrected chi connectivity index (χ2v) is 10.2. The van der Waals surface area contributed by atoms with Crippen LogP contribution in [0.4, 0.5) is 26.8 Å². The van der Waals surface area contributed by atoms with Crippen molar-refractivity contribution in [3.63, 3.8) is 0 Å². The van der Waals surface area contributed by atoms with Gasteiger partial charge in [0, 0.05) is 32.1 Å². The fourth-order valence-electron chi connectivity index (χ4n) is 4.82. The number of rotatable bonds is 8. The van der Waals surface area contributed by atoms with Crippen molar-refractivity contribution in [3.8, 4) is 0 Å². The van der Waals surface area contributed by atoms with Crippen molar-refractivity contribution in [1.82, 2.24) is 14.9 Å². The normalized spacial score (nSPS) is 21.2. The molecule has 2 aliphatic heterocycles. The van der Waals surface area contributed by atoms with Crippen molar-refractivity contribution in [1.29, 1.82) is 0 Å². The molecule has 3 aromatic rings. The fourth-order valence-corrected chi connectivity index (χ4v) is 4.82. The zero-order valence-electron chi connectivity index (χ0n) is 25.4. The number of fused-ring (bicyclic) bond motifs is 1. The number of imidazole rings is 1. The summed E-state index contributed by atoms with van der Waals surface area (Å²) in [6.45, 7) is 3.20. The molecule has 4 N–H and O–H groups in total. The van der Waals surface area contributed by atoms with Gasteiger partial charge in [0.1, 0.15) is 24.2 Å². The molecule has 17 heteroatoms. The van der Waals surface area contributed by atoms with E-state index in [2.05, 4.69) is 31.2 Å². The Hall–Kier alpha value is -5.97. The molecule has 1 unspecified atom stereocenters. The van der Waals surface area contributed by atoms with Crippen LogP contribution in [-0.4, -0.2) is 70.5 Å². The minimum Gasteiger partial charge on any atom is -0.463 e. The molecule has 2 aliphatic rings. The SMILES string of the molecule is CC(=O)OC[C@@H]1O[C@H](n2cnc3c2NC(NC(=O)Nc2ccccc2)=NC3OC(=O)Nc2ccccc2)[C@@H](OC(C)=O)[C@H]1OC(C)=O. The molecule has 3 amide bonds. The highest BCUT2D eigenvalue weighted by Crippen LogP contribution is 2.39. The number of urea groups is 1. The first kappa shape index (κ1) is 32.4. The van der Waals surface area contributed by atoms with Crippen LogP contribution in [0.5, 0.6) is 0 Å². The number of carbonyl (C=O) groups excluding carboxylic acids is 5. The average Bonchev–Trinajstić information content (AvgIpc) is 3.57. The number of anilines is 3. The summed E-state index contributed by atoms with van der Waals surface area (Å²) < 4.78 is 29.2. The molecule has 47 heavy (non-hydrogen) atoms. The highest BCUT2D eigenvalue weighted by molar-refractivity contribution is 6.08. The lowest BCUT2D eigenvalue weighted by molar-refractivity contribution is -0.166. The predicted octanol–water partition coefficient (Wildman–Crippen LogP) is 3.06. The van der Waals surface area contributed by atoms with Gasteiger partial charge in [-0.3, -0.25) is 29.6 Å². The van der Waals surface area contributed by atoms with Gasteiger partial charge in [-0.1, -0.05) is 36.4 Å². The topological polar surface area (TPSA) is 210 Å². The Labute approximate surface area is 267 Å². The molecule has 5 atom stereocenters. The molecule has 5 rings (SSSR count). The smallest absolute Gasteiger partial charge is 0.413 e. The van der Waals surface area contributed by atoms with Crippen LogP contribution >= 0.6 is 0 Å². The molecule has 0 aliphatic carbocycles. The average molecular weight is 650 g/mol. The molecule has 0 saturated carbocycles. The van der Waals surface area contributed by atoms with E-state index in [-0.39, 0.29) is 24.1 Å². The maximum atomic E-state index is 12.9. The van der Waals surface area contributed by atoms with Crippen LogP contribution in [0.2, 0.25) is 0 Å². The third-order valence-electron chi connectivity index (χ3n) is 6.66. The number of nitrogens with one attached hydrogen (secondary N) is 4.